The maximum Gasteiger partial charge on any atom is 0.317 e. The minimum Gasteiger partial charge on any atom is -0.494 e. The van der Waals surface area contributed by atoms with Gasteiger partial charge in [0.1, 0.15) is 5.75 Å². The third kappa shape index (κ3) is 7.38. The van der Waals surface area contributed by atoms with Gasteiger partial charge in [0, 0.05) is 67.3 Å². The summed E-state index contributed by atoms with van der Waals surface area (Å²) in [6.45, 7) is 6.88. The Labute approximate surface area is 164 Å². The lowest BCUT2D eigenvalue weighted by Gasteiger charge is -2.24. The van der Waals surface area contributed by atoms with Crippen LogP contribution in [0.1, 0.15) is 19.8 Å². The van der Waals surface area contributed by atoms with E-state index in [1.165, 1.54) is 0 Å². The summed E-state index contributed by atoms with van der Waals surface area (Å²) in [4.78, 5) is 16.2. The molecule has 1 unspecified atom stereocenters. The molecule has 1 fully saturated rings. The Balaban J connectivity index is 1.77. The molecule has 0 spiro atoms. The fourth-order valence-corrected chi connectivity index (χ4v) is 3.95. The monoisotopic (exact) mass is 396 g/mol. The molecule has 0 aromatic heterocycles. The summed E-state index contributed by atoms with van der Waals surface area (Å²) in [6.07, 6.45) is 1.71. The fraction of sp³-hybridized carbons (Fsp3) is 0.632. The van der Waals surface area contributed by atoms with Crippen molar-refractivity contribution in [1.82, 2.24) is 10.2 Å². The molecule has 0 aliphatic carbocycles. The van der Waals surface area contributed by atoms with Crippen molar-refractivity contribution in [3.8, 4) is 5.75 Å². The number of rotatable bonds is 9. The normalized spacial score (nSPS) is 15.9. The minimum atomic E-state index is -0.839. The van der Waals surface area contributed by atoms with Gasteiger partial charge in [-0.25, -0.2) is 4.79 Å². The lowest BCUT2D eigenvalue weighted by Crippen LogP contribution is -2.41. The van der Waals surface area contributed by atoms with E-state index in [-0.39, 0.29) is 6.03 Å². The number of nitrogens with one attached hydrogen (secondary N) is 1. The first-order chi connectivity index (χ1) is 13.1. The second-order valence-electron chi connectivity index (χ2n) is 6.50. The van der Waals surface area contributed by atoms with Crippen molar-refractivity contribution < 1.29 is 13.7 Å². The van der Waals surface area contributed by atoms with Gasteiger partial charge >= 0.3 is 6.03 Å². The highest BCUT2D eigenvalue weighted by Crippen LogP contribution is 2.21. The first-order valence-electron chi connectivity index (χ1n) is 9.69. The number of carbonyl (C=O) groups excluding carboxylic acids is 1. The van der Waals surface area contributed by atoms with Gasteiger partial charge in [-0.2, -0.15) is 0 Å². The topological polar surface area (TPSA) is 87.9 Å². The number of nitrogens with two attached hydrogens (primary N) is 1. The Hall–Kier alpha value is -1.80. The van der Waals surface area contributed by atoms with Crippen molar-refractivity contribution in [2.75, 3.05) is 62.3 Å². The molecule has 3 N–H and O–H groups in total. The third-order valence-electron chi connectivity index (χ3n) is 4.44. The highest BCUT2D eigenvalue weighted by molar-refractivity contribution is 7.84. The van der Waals surface area contributed by atoms with E-state index in [2.05, 4.69) is 22.3 Å². The number of amides is 2. The van der Waals surface area contributed by atoms with Crippen LogP contribution in [0, 0.1) is 0 Å². The lowest BCUT2D eigenvalue weighted by molar-refractivity contribution is 0.202. The molecule has 2 rings (SSSR count). The average molecular weight is 397 g/mol. The number of ether oxygens (including phenoxy) is 1. The Kier molecular flexibility index (Phi) is 9.41. The maximum absolute atomic E-state index is 12.0. The van der Waals surface area contributed by atoms with E-state index >= 15 is 0 Å². The maximum atomic E-state index is 12.0. The number of carbonyl (C=O) groups is 1. The molecule has 1 aromatic carbocycles. The number of hydrogen-bond acceptors (Lipinski definition) is 5. The Morgan fingerprint density at radius 2 is 1.96 bits per heavy atom. The number of urea groups is 1. The summed E-state index contributed by atoms with van der Waals surface area (Å²) in [5.41, 5.74) is 6.54. The van der Waals surface area contributed by atoms with Crippen LogP contribution in [-0.4, -0.2) is 72.5 Å². The molecule has 1 atom stereocenters. The molecule has 152 valence electrons. The van der Waals surface area contributed by atoms with Gasteiger partial charge in [0.25, 0.3) is 0 Å². The molecule has 27 heavy (non-hydrogen) atoms. The predicted molar refractivity (Wildman–Crippen MR) is 111 cm³/mol. The Morgan fingerprint density at radius 1 is 1.19 bits per heavy atom. The largest absolute Gasteiger partial charge is 0.494 e. The summed E-state index contributed by atoms with van der Waals surface area (Å²) in [6, 6.07) is 8.08. The van der Waals surface area contributed by atoms with Crippen LogP contribution in [0.3, 0.4) is 0 Å². The molecule has 0 radical (unpaired) electrons. The van der Waals surface area contributed by atoms with Crippen molar-refractivity contribution in [3.63, 3.8) is 0 Å². The molecular formula is C19H32N4O3S. The third-order valence-corrected chi connectivity index (χ3v) is 5.88. The van der Waals surface area contributed by atoms with E-state index in [1.807, 2.05) is 24.0 Å². The van der Waals surface area contributed by atoms with E-state index in [0.29, 0.717) is 31.2 Å². The first kappa shape index (κ1) is 21.5. The van der Waals surface area contributed by atoms with E-state index in [9.17, 15) is 9.00 Å². The molecule has 1 aliphatic rings. The van der Waals surface area contributed by atoms with Gasteiger partial charge in [-0.15, -0.1) is 0 Å². The van der Waals surface area contributed by atoms with Gasteiger partial charge in [-0.3, -0.25) is 4.21 Å². The van der Waals surface area contributed by atoms with Crippen molar-refractivity contribution in [2.45, 2.75) is 19.8 Å². The molecule has 7 nitrogen and oxygen atoms in total. The lowest BCUT2D eigenvalue weighted by atomic mass is 10.2. The molecule has 2 amide bonds. The quantitative estimate of drug-likeness (QED) is 0.616. The molecule has 1 heterocycles. The Morgan fingerprint density at radius 3 is 2.67 bits per heavy atom. The van der Waals surface area contributed by atoms with E-state index < -0.39 is 10.8 Å². The summed E-state index contributed by atoms with van der Waals surface area (Å²) in [5.74, 6) is 2.01. The van der Waals surface area contributed by atoms with Crippen molar-refractivity contribution in [3.05, 3.63) is 24.3 Å². The van der Waals surface area contributed by atoms with Crippen LogP contribution in [0.25, 0.3) is 0 Å². The fourth-order valence-electron chi connectivity index (χ4n) is 3.04. The SMILES string of the molecule is CCNC(=O)N1CCCN(c2ccc(OCCCS(=O)CCN)cc2)CC1. The van der Waals surface area contributed by atoms with Crippen LogP contribution in [0.15, 0.2) is 24.3 Å². The minimum absolute atomic E-state index is 0.0236. The second-order valence-corrected chi connectivity index (χ2v) is 8.19. The highest BCUT2D eigenvalue weighted by Gasteiger charge is 2.18. The number of benzene rings is 1. The zero-order chi connectivity index (χ0) is 19.5. The van der Waals surface area contributed by atoms with Crippen LogP contribution in [0.5, 0.6) is 5.75 Å². The molecular weight excluding hydrogens is 364 g/mol. The molecule has 0 saturated carbocycles. The number of nitrogens with zero attached hydrogens (tertiary/aromatic N) is 2. The van der Waals surface area contributed by atoms with Gasteiger partial charge in [0.05, 0.1) is 6.61 Å². The van der Waals surface area contributed by atoms with Crippen LogP contribution in [0.2, 0.25) is 0 Å². The standard InChI is InChI=1S/C19H32N4O3S/c1-2-21-19(24)23-11-3-10-22(12-13-23)17-5-7-18(8-6-17)26-14-4-15-27(25)16-9-20/h5-8H,2-4,9-16,20H2,1H3,(H,21,24). The zero-order valence-corrected chi connectivity index (χ0v) is 17.0. The molecule has 0 bridgehead atoms. The smallest absolute Gasteiger partial charge is 0.317 e. The van der Waals surface area contributed by atoms with Crippen LogP contribution in [0.4, 0.5) is 10.5 Å². The van der Waals surface area contributed by atoms with E-state index in [1.54, 1.807) is 0 Å². The van der Waals surface area contributed by atoms with Gasteiger partial charge in [0.15, 0.2) is 0 Å². The number of anilines is 1. The summed E-state index contributed by atoms with van der Waals surface area (Å²) >= 11 is 0. The summed E-state index contributed by atoms with van der Waals surface area (Å²) < 4.78 is 17.3. The first-order valence-corrected chi connectivity index (χ1v) is 11.2. The van der Waals surface area contributed by atoms with E-state index in [0.717, 1.165) is 50.5 Å². The van der Waals surface area contributed by atoms with Crippen molar-refractivity contribution in [1.29, 1.82) is 0 Å². The molecule has 1 aromatic rings. The van der Waals surface area contributed by atoms with Gasteiger partial charge in [-0.05, 0) is 44.0 Å². The van der Waals surface area contributed by atoms with Gasteiger partial charge < -0.3 is 25.6 Å². The number of hydrogen-bond donors (Lipinski definition) is 2. The van der Waals surface area contributed by atoms with Gasteiger partial charge in [0.2, 0.25) is 0 Å². The van der Waals surface area contributed by atoms with Crippen LogP contribution < -0.4 is 20.7 Å². The van der Waals surface area contributed by atoms with Crippen molar-refractivity contribution in [2.24, 2.45) is 5.73 Å². The van der Waals surface area contributed by atoms with Gasteiger partial charge in [-0.1, -0.05) is 0 Å². The molecule has 1 aliphatic heterocycles. The van der Waals surface area contributed by atoms with Crippen LogP contribution in [-0.2, 0) is 10.8 Å². The molecule has 8 heteroatoms. The zero-order valence-electron chi connectivity index (χ0n) is 16.2. The summed E-state index contributed by atoms with van der Waals surface area (Å²) in [5, 5.41) is 2.87. The average Bonchev–Trinajstić information content (AvgIpc) is 2.92. The Bertz CT molecular complexity index is 597. The summed E-state index contributed by atoms with van der Waals surface area (Å²) in [7, 11) is -0.839. The predicted octanol–water partition coefficient (Wildman–Crippen LogP) is 1.40. The van der Waals surface area contributed by atoms with E-state index in [4.69, 9.17) is 10.5 Å². The van der Waals surface area contributed by atoms with Crippen LogP contribution >= 0.6 is 0 Å². The van der Waals surface area contributed by atoms with Crippen molar-refractivity contribution >= 4 is 22.5 Å². The highest BCUT2D eigenvalue weighted by atomic mass is 32.2. The molecule has 1 saturated heterocycles. The second kappa shape index (κ2) is 11.8.